The summed E-state index contributed by atoms with van der Waals surface area (Å²) in [6, 6.07) is 6.82. The Bertz CT molecular complexity index is 429. The lowest BCUT2D eigenvalue weighted by Gasteiger charge is -2.35. The van der Waals surface area contributed by atoms with Crippen LogP contribution in [0.2, 0.25) is 0 Å². The smallest absolute Gasteiger partial charge is 0.146 e. The van der Waals surface area contributed by atoms with E-state index in [1.165, 1.54) is 19.3 Å². The highest BCUT2D eigenvalue weighted by molar-refractivity contribution is 5.49. The van der Waals surface area contributed by atoms with E-state index < -0.39 is 0 Å². The van der Waals surface area contributed by atoms with Crippen LogP contribution >= 0.6 is 0 Å². The maximum Gasteiger partial charge on any atom is 0.146 e. The number of benzene rings is 1. The Balaban J connectivity index is 1.70. The molecule has 2 fully saturated rings. The molecule has 1 aromatic rings. The third kappa shape index (κ3) is 2.66. The van der Waals surface area contributed by atoms with Crippen molar-refractivity contribution in [2.24, 2.45) is 0 Å². The van der Waals surface area contributed by atoms with E-state index in [9.17, 15) is 4.39 Å². The molecule has 0 aromatic heterocycles. The van der Waals surface area contributed by atoms with Crippen LogP contribution in [0.3, 0.4) is 0 Å². The van der Waals surface area contributed by atoms with Crippen LogP contribution in [-0.2, 0) is 0 Å². The van der Waals surface area contributed by atoms with E-state index in [1.54, 1.807) is 6.07 Å². The van der Waals surface area contributed by atoms with Crippen LogP contribution in [0.5, 0.6) is 0 Å². The van der Waals surface area contributed by atoms with Crippen molar-refractivity contribution in [1.29, 1.82) is 0 Å². The molecule has 1 aromatic carbocycles. The van der Waals surface area contributed by atoms with Crippen molar-refractivity contribution in [2.75, 3.05) is 18.0 Å². The van der Waals surface area contributed by atoms with Gasteiger partial charge in [-0.05, 0) is 50.3 Å². The minimum atomic E-state index is -0.0814. The number of aryl methyl sites for hydroxylation is 1. The Morgan fingerprint density at radius 2 is 2.06 bits per heavy atom. The van der Waals surface area contributed by atoms with Gasteiger partial charge < -0.3 is 10.2 Å². The standard InChI is InChI=1S/C15H21FN2/c1-11-4-7-15(14(16)9-11)18-8-2-3-13(10-18)17-12-5-6-12/h4,7,9,12-13,17H,2-3,5-6,8,10H2,1H3. The summed E-state index contributed by atoms with van der Waals surface area (Å²) in [5, 5.41) is 3.66. The van der Waals surface area contributed by atoms with Crippen molar-refractivity contribution >= 4 is 5.69 Å². The van der Waals surface area contributed by atoms with Gasteiger partial charge in [-0.1, -0.05) is 6.07 Å². The van der Waals surface area contributed by atoms with E-state index in [0.717, 1.165) is 36.8 Å². The molecule has 0 radical (unpaired) electrons. The summed E-state index contributed by atoms with van der Waals surface area (Å²) in [5.74, 6) is -0.0814. The molecular formula is C15H21FN2. The molecule has 1 aliphatic heterocycles. The first-order chi connectivity index (χ1) is 8.72. The highest BCUT2D eigenvalue weighted by atomic mass is 19.1. The molecule has 3 heteroatoms. The fourth-order valence-corrected chi connectivity index (χ4v) is 2.78. The highest BCUT2D eigenvalue weighted by Gasteiger charge is 2.28. The van der Waals surface area contributed by atoms with Gasteiger partial charge in [0.2, 0.25) is 0 Å². The lowest BCUT2D eigenvalue weighted by atomic mass is 10.0. The summed E-state index contributed by atoms with van der Waals surface area (Å²) in [7, 11) is 0. The van der Waals surface area contributed by atoms with E-state index in [4.69, 9.17) is 0 Å². The van der Waals surface area contributed by atoms with E-state index >= 15 is 0 Å². The van der Waals surface area contributed by atoms with Crippen LogP contribution in [0.15, 0.2) is 18.2 Å². The number of rotatable bonds is 3. The van der Waals surface area contributed by atoms with Gasteiger partial charge in [0.05, 0.1) is 5.69 Å². The first-order valence-electron chi connectivity index (χ1n) is 6.99. The van der Waals surface area contributed by atoms with Gasteiger partial charge in [-0.15, -0.1) is 0 Å². The summed E-state index contributed by atoms with van der Waals surface area (Å²) in [5.41, 5.74) is 1.75. The summed E-state index contributed by atoms with van der Waals surface area (Å²) >= 11 is 0. The Kier molecular flexibility index (Phi) is 3.25. The fourth-order valence-electron chi connectivity index (χ4n) is 2.78. The Labute approximate surface area is 108 Å². The molecule has 0 bridgehead atoms. The predicted octanol–water partition coefficient (Wildman–Crippen LogP) is 2.85. The quantitative estimate of drug-likeness (QED) is 0.885. The molecule has 0 amide bonds. The Morgan fingerprint density at radius 3 is 2.78 bits per heavy atom. The summed E-state index contributed by atoms with van der Waals surface area (Å²) < 4.78 is 14.0. The van der Waals surface area contributed by atoms with Gasteiger partial charge in [-0.3, -0.25) is 0 Å². The predicted molar refractivity (Wildman–Crippen MR) is 72.5 cm³/mol. The number of nitrogens with zero attached hydrogens (tertiary/aromatic N) is 1. The van der Waals surface area contributed by atoms with Gasteiger partial charge in [-0.25, -0.2) is 4.39 Å². The first-order valence-corrected chi connectivity index (χ1v) is 6.99. The first kappa shape index (κ1) is 12.0. The Hall–Kier alpha value is -1.09. The zero-order valence-corrected chi connectivity index (χ0v) is 11.0. The van der Waals surface area contributed by atoms with Crippen molar-refractivity contribution in [3.05, 3.63) is 29.6 Å². The average molecular weight is 248 g/mol. The molecule has 98 valence electrons. The molecule has 1 unspecified atom stereocenters. The Morgan fingerprint density at radius 1 is 1.22 bits per heavy atom. The van der Waals surface area contributed by atoms with Crippen LogP contribution in [0.1, 0.15) is 31.2 Å². The van der Waals surface area contributed by atoms with Gasteiger partial charge in [0, 0.05) is 25.2 Å². The highest BCUT2D eigenvalue weighted by Crippen LogP contribution is 2.26. The molecule has 1 aliphatic carbocycles. The molecule has 2 aliphatic rings. The van der Waals surface area contributed by atoms with Crippen LogP contribution in [0, 0.1) is 12.7 Å². The van der Waals surface area contributed by atoms with Crippen molar-refractivity contribution in [3.63, 3.8) is 0 Å². The van der Waals surface area contributed by atoms with Gasteiger partial charge >= 0.3 is 0 Å². The molecule has 1 saturated carbocycles. The molecule has 3 rings (SSSR count). The second kappa shape index (κ2) is 4.88. The fraction of sp³-hybridized carbons (Fsp3) is 0.600. The number of hydrogen-bond donors (Lipinski definition) is 1. The minimum absolute atomic E-state index is 0.0814. The average Bonchev–Trinajstić information content (AvgIpc) is 3.13. The van der Waals surface area contributed by atoms with Gasteiger partial charge in [0.1, 0.15) is 5.82 Å². The molecule has 1 N–H and O–H groups in total. The van der Waals surface area contributed by atoms with Crippen molar-refractivity contribution in [1.82, 2.24) is 5.32 Å². The van der Waals surface area contributed by atoms with E-state index in [1.807, 2.05) is 19.1 Å². The maximum absolute atomic E-state index is 14.0. The molecule has 1 heterocycles. The van der Waals surface area contributed by atoms with Crippen LogP contribution < -0.4 is 10.2 Å². The van der Waals surface area contributed by atoms with Crippen molar-refractivity contribution in [2.45, 2.75) is 44.7 Å². The molecule has 1 saturated heterocycles. The summed E-state index contributed by atoms with van der Waals surface area (Å²) in [6.45, 7) is 3.85. The van der Waals surface area contributed by atoms with E-state index in [-0.39, 0.29) is 5.82 Å². The van der Waals surface area contributed by atoms with Crippen LogP contribution in [0.25, 0.3) is 0 Å². The summed E-state index contributed by atoms with van der Waals surface area (Å²) in [4.78, 5) is 2.19. The summed E-state index contributed by atoms with van der Waals surface area (Å²) in [6.07, 6.45) is 5.00. The van der Waals surface area contributed by atoms with E-state index in [0.29, 0.717) is 6.04 Å². The number of hydrogen-bond acceptors (Lipinski definition) is 2. The van der Waals surface area contributed by atoms with Gasteiger partial charge in [-0.2, -0.15) is 0 Å². The van der Waals surface area contributed by atoms with Gasteiger partial charge in [0.25, 0.3) is 0 Å². The van der Waals surface area contributed by atoms with Gasteiger partial charge in [0.15, 0.2) is 0 Å². The minimum Gasteiger partial charge on any atom is -0.368 e. The zero-order valence-electron chi connectivity index (χ0n) is 11.0. The van der Waals surface area contributed by atoms with Crippen LogP contribution in [-0.4, -0.2) is 25.2 Å². The third-order valence-corrected chi connectivity index (χ3v) is 3.91. The second-order valence-electron chi connectivity index (χ2n) is 5.68. The molecule has 2 nitrogen and oxygen atoms in total. The number of anilines is 1. The second-order valence-corrected chi connectivity index (χ2v) is 5.68. The molecule has 18 heavy (non-hydrogen) atoms. The lowest BCUT2D eigenvalue weighted by molar-refractivity contribution is 0.417. The largest absolute Gasteiger partial charge is 0.368 e. The SMILES string of the molecule is Cc1ccc(N2CCCC(NC3CC3)C2)c(F)c1. The van der Waals surface area contributed by atoms with Crippen molar-refractivity contribution in [3.8, 4) is 0 Å². The zero-order chi connectivity index (χ0) is 12.5. The normalized spacial score (nSPS) is 24.3. The van der Waals surface area contributed by atoms with E-state index in [2.05, 4.69) is 10.2 Å². The molecule has 0 spiro atoms. The third-order valence-electron chi connectivity index (χ3n) is 3.91. The van der Waals surface area contributed by atoms with Crippen LogP contribution in [0.4, 0.5) is 10.1 Å². The number of nitrogens with one attached hydrogen (secondary N) is 1. The lowest BCUT2D eigenvalue weighted by Crippen LogP contribution is -2.46. The maximum atomic E-state index is 14.0. The molecule has 1 atom stereocenters. The molecular weight excluding hydrogens is 227 g/mol. The topological polar surface area (TPSA) is 15.3 Å². The monoisotopic (exact) mass is 248 g/mol. The number of halogens is 1. The van der Waals surface area contributed by atoms with Crippen molar-refractivity contribution < 1.29 is 4.39 Å². The number of piperidine rings is 1.